The van der Waals surface area contributed by atoms with E-state index in [9.17, 15) is 0 Å². The molecule has 1 fully saturated rings. The molecule has 1 aliphatic rings. The maximum Gasteiger partial charge on any atom is 0.0109 e. The Labute approximate surface area is 75.9 Å². The van der Waals surface area contributed by atoms with Gasteiger partial charge in [-0.2, -0.15) is 0 Å². The molecule has 0 saturated heterocycles. The summed E-state index contributed by atoms with van der Waals surface area (Å²) in [6.07, 6.45) is 3.85. The van der Waals surface area contributed by atoms with Crippen LogP contribution in [0.5, 0.6) is 0 Å². The molecule has 0 aromatic rings. The average molecular weight is 170 g/mol. The molecule has 12 heavy (non-hydrogen) atoms. The number of hydrogen-bond donors (Lipinski definition) is 2. The van der Waals surface area contributed by atoms with Crippen LogP contribution in [0.2, 0.25) is 0 Å². The molecule has 0 amide bonds. The SMILES string of the molecule is CC(C)(N)CCNCC1(C)CC1. The zero-order valence-electron chi connectivity index (χ0n) is 8.61. The smallest absolute Gasteiger partial charge is 0.0109 e. The lowest BCUT2D eigenvalue weighted by molar-refractivity contribution is 0.428. The topological polar surface area (TPSA) is 38.0 Å². The molecule has 1 saturated carbocycles. The lowest BCUT2D eigenvalue weighted by Gasteiger charge is -2.19. The first-order valence-corrected chi connectivity index (χ1v) is 4.91. The van der Waals surface area contributed by atoms with Crippen molar-refractivity contribution in [2.75, 3.05) is 13.1 Å². The minimum atomic E-state index is -0.0164. The third-order valence-electron chi connectivity index (χ3n) is 2.60. The van der Waals surface area contributed by atoms with E-state index in [1.54, 1.807) is 0 Å². The van der Waals surface area contributed by atoms with Gasteiger partial charge in [-0.05, 0) is 45.1 Å². The second-order valence-electron chi connectivity index (χ2n) is 5.23. The van der Waals surface area contributed by atoms with Crippen LogP contribution < -0.4 is 11.1 Å². The molecule has 72 valence electrons. The highest BCUT2D eigenvalue weighted by Crippen LogP contribution is 2.43. The largest absolute Gasteiger partial charge is 0.326 e. The monoisotopic (exact) mass is 170 g/mol. The maximum absolute atomic E-state index is 5.86. The van der Waals surface area contributed by atoms with Gasteiger partial charge in [0.15, 0.2) is 0 Å². The van der Waals surface area contributed by atoms with Gasteiger partial charge in [-0.1, -0.05) is 6.92 Å². The van der Waals surface area contributed by atoms with Crippen LogP contribution >= 0.6 is 0 Å². The van der Waals surface area contributed by atoms with Crippen molar-refractivity contribution in [2.24, 2.45) is 11.1 Å². The fourth-order valence-electron chi connectivity index (χ4n) is 1.19. The van der Waals surface area contributed by atoms with Crippen LogP contribution in [0.15, 0.2) is 0 Å². The third kappa shape index (κ3) is 4.07. The van der Waals surface area contributed by atoms with E-state index in [-0.39, 0.29) is 5.54 Å². The summed E-state index contributed by atoms with van der Waals surface area (Å²) in [6, 6.07) is 0. The molecular formula is C10H22N2. The van der Waals surface area contributed by atoms with Crippen molar-refractivity contribution < 1.29 is 0 Å². The zero-order chi connectivity index (χ0) is 9.24. The predicted octanol–water partition coefficient (Wildman–Crippen LogP) is 1.50. The molecule has 0 aromatic heterocycles. The van der Waals surface area contributed by atoms with Crippen LogP contribution in [0, 0.1) is 5.41 Å². The molecule has 0 unspecified atom stereocenters. The van der Waals surface area contributed by atoms with Crippen LogP contribution in [0.25, 0.3) is 0 Å². The fraction of sp³-hybridized carbons (Fsp3) is 1.00. The second-order valence-corrected chi connectivity index (χ2v) is 5.23. The van der Waals surface area contributed by atoms with E-state index < -0.39 is 0 Å². The van der Waals surface area contributed by atoms with Crippen molar-refractivity contribution in [1.82, 2.24) is 5.32 Å². The molecule has 0 spiro atoms. The summed E-state index contributed by atoms with van der Waals surface area (Å²) in [5.74, 6) is 0. The molecule has 0 heterocycles. The van der Waals surface area contributed by atoms with E-state index >= 15 is 0 Å². The minimum absolute atomic E-state index is 0.0164. The van der Waals surface area contributed by atoms with Crippen LogP contribution in [-0.2, 0) is 0 Å². The number of nitrogens with two attached hydrogens (primary N) is 1. The Balaban J connectivity index is 1.96. The van der Waals surface area contributed by atoms with Gasteiger partial charge in [-0.25, -0.2) is 0 Å². The minimum Gasteiger partial charge on any atom is -0.326 e. The van der Waals surface area contributed by atoms with E-state index in [0.717, 1.165) is 13.0 Å². The van der Waals surface area contributed by atoms with Gasteiger partial charge < -0.3 is 11.1 Å². The molecule has 2 nitrogen and oxygen atoms in total. The van der Waals surface area contributed by atoms with Crippen LogP contribution in [0.3, 0.4) is 0 Å². The summed E-state index contributed by atoms with van der Waals surface area (Å²) in [7, 11) is 0. The van der Waals surface area contributed by atoms with Crippen molar-refractivity contribution in [3.63, 3.8) is 0 Å². The number of rotatable bonds is 5. The molecule has 3 N–H and O–H groups in total. The fourth-order valence-corrected chi connectivity index (χ4v) is 1.19. The molecule has 0 radical (unpaired) electrons. The highest BCUT2D eigenvalue weighted by Gasteiger charge is 2.36. The van der Waals surface area contributed by atoms with Crippen LogP contribution in [-0.4, -0.2) is 18.6 Å². The van der Waals surface area contributed by atoms with Crippen LogP contribution in [0.4, 0.5) is 0 Å². The summed E-state index contributed by atoms with van der Waals surface area (Å²) in [5.41, 5.74) is 6.47. The van der Waals surface area contributed by atoms with Gasteiger partial charge in [0.1, 0.15) is 0 Å². The van der Waals surface area contributed by atoms with E-state index in [1.165, 1.54) is 19.4 Å². The Bertz CT molecular complexity index is 135. The molecular weight excluding hydrogens is 148 g/mol. The van der Waals surface area contributed by atoms with Crippen molar-refractivity contribution in [1.29, 1.82) is 0 Å². The highest BCUT2D eigenvalue weighted by molar-refractivity contribution is 4.90. The van der Waals surface area contributed by atoms with E-state index in [0.29, 0.717) is 5.41 Å². The molecule has 1 aliphatic carbocycles. The van der Waals surface area contributed by atoms with Crippen molar-refractivity contribution >= 4 is 0 Å². The molecule has 0 bridgehead atoms. The zero-order valence-corrected chi connectivity index (χ0v) is 8.61. The number of hydrogen-bond acceptors (Lipinski definition) is 2. The lowest BCUT2D eigenvalue weighted by Crippen LogP contribution is -2.36. The van der Waals surface area contributed by atoms with Gasteiger partial charge in [0.25, 0.3) is 0 Å². The first kappa shape index (κ1) is 10.0. The Morgan fingerprint density at radius 2 is 2.00 bits per heavy atom. The lowest BCUT2D eigenvalue weighted by atomic mass is 10.0. The summed E-state index contributed by atoms with van der Waals surface area (Å²) < 4.78 is 0. The van der Waals surface area contributed by atoms with Crippen molar-refractivity contribution in [2.45, 2.75) is 45.6 Å². The molecule has 1 rings (SSSR count). The van der Waals surface area contributed by atoms with E-state index in [4.69, 9.17) is 5.73 Å². The first-order chi connectivity index (χ1) is 5.41. The predicted molar refractivity (Wildman–Crippen MR) is 53.1 cm³/mol. The normalized spacial score (nSPS) is 21.0. The Hall–Kier alpha value is -0.0800. The second kappa shape index (κ2) is 3.35. The van der Waals surface area contributed by atoms with Gasteiger partial charge in [-0.3, -0.25) is 0 Å². The first-order valence-electron chi connectivity index (χ1n) is 4.91. The molecule has 0 atom stereocenters. The quantitative estimate of drug-likeness (QED) is 0.614. The van der Waals surface area contributed by atoms with Gasteiger partial charge in [0.2, 0.25) is 0 Å². The molecule has 2 heteroatoms. The highest BCUT2D eigenvalue weighted by atomic mass is 14.9. The Kier molecular flexibility index (Phi) is 2.79. The van der Waals surface area contributed by atoms with Gasteiger partial charge in [0, 0.05) is 12.1 Å². The van der Waals surface area contributed by atoms with E-state index in [1.807, 2.05) is 0 Å². The van der Waals surface area contributed by atoms with Crippen molar-refractivity contribution in [3.05, 3.63) is 0 Å². The van der Waals surface area contributed by atoms with Gasteiger partial charge in [0.05, 0.1) is 0 Å². The van der Waals surface area contributed by atoms with Crippen LogP contribution in [0.1, 0.15) is 40.0 Å². The standard InChI is InChI=1S/C10H22N2/c1-9(2,11)6-7-12-8-10(3)4-5-10/h12H,4-8,11H2,1-3H3. The average Bonchev–Trinajstić information content (AvgIpc) is 2.60. The molecule has 0 aliphatic heterocycles. The Morgan fingerprint density at radius 3 is 2.42 bits per heavy atom. The van der Waals surface area contributed by atoms with E-state index in [2.05, 4.69) is 26.1 Å². The Morgan fingerprint density at radius 1 is 1.42 bits per heavy atom. The summed E-state index contributed by atoms with van der Waals surface area (Å²) >= 11 is 0. The van der Waals surface area contributed by atoms with Gasteiger partial charge >= 0.3 is 0 Å². The van der Waals surface area contributed by atoms with Crippen molar-refractivity contribution in [3.8, 4) is 0 Å². The third-order valence-corrected chi connectivity index (χ3v) is 2.60. The number of nitrogens with one attached hydrogen (secondary N) is 1. The summed E-state index contributed by atoms with van der Waals surface area (Å²) in [4.78, 5) is 0. The van der Waals surface area contributed by atoms with Gasteiger partial charge in [-0.15, -0.1) is 0 Å². The summed E-state index contributed by atoms with van der Waals surface area (Å²) in [5, 5.41) is 3.46. The summed E-state index contributed by atoms with van der Waals surface area (Å²) in [6.45, 7) is 8.72. The molecule has 0 aromatic carbocycles. The maximum atomic E-state index is 5.86.